The van der Waals surface area contributed by atoms with Gasteiger partial charge in [-0.2, -0.15) is 0 Å². The smallest absolute Gasteiger partial charge is 0.248 e. The van der Waals surface area contributed by atoms with Crippen LogP contribution in [0.4, 0.5) is 11.4 Å². The number of anilines is 2. The van der Waals surface area contributed by atoms with Gasteiger partial charge in [0.2, 0.25) is 17.7 Å². The standard InChI is InChI=1S/C34H36ClN3O5S/c1-3-43-26-15-13-24(14-16-26)36-31(40)28-27-17-20(2)34(44-27)29(28)33(42)38(25(19-39)18-21-7-5-4-6-8-21)30(34)32(41)37-23-11-9-22(35)10-12-23/h4-16,20,25,27-30,39H,3,17-19H2,1-2H3,(H,36,40)(H,37,41)/t20?,25-,27-,28+,29+,30?,34?/m1/s1. The Morgan fingerprint density at radius 1 is 1.02 bits per heavy atom. The highest BCUT2D eigenvalue weighted by Crippen LogP contribution is 2.69. The van der Waals surface area contributed by atoms with Crippen LogP contribution in [0.1, 0.15) is 25.8 Å². The molecule has 3 aliphatic rings. The van der Waals surface area contributed by atoms with Crippen LogP contribution in [0.2, 0.25) is 5.02 Å². The monoisotopic (exact) mass is 633 g/mol. The Kier molecular flexibility index (Phi) is 8.64. The van der Waals surface area contributed by atoms with E-state index in [1.807, 2.05) is 37.3 Å². The molecule has 10 heteroatoms. The topological polar surface area (TPSA) is 108 Å². The summed E-state index contributed by atoms with van der Waals surface area (Å²) in [6.45, 7) is 4.20. The Balaban J connectivity index is 1.36. The number of nitrogens with zero attached hydrogens (tertiary/aromatic N) is 1. The van der Waals surface area contributed by atoms with Crippen LogP contribution in [0.25, 0.3) is 0 Å². The summed E-state index contributed by atoms with van der Waals surface area (Å²) in [6, 6.07) is 22.1. The van der Waals surface area contributed by atoms with Crippen molar-refractivity contribution in [2.45, 2.75) is 48.8 Å². The second-order valence-electron chi connectivity index (χ2n) is 11.8. The zero-order valence-corrected chi connectivity index (χ0v) is 26.2. The lowest BCUT2D eigenvalue weighted by Crippen LogP contribution is -2.57. The molecule has 3 heterocycles. The number of fused-ring (bicyclic) bond motifs is 1. The fraction of sp³-hybridized carbons (Fsp3) is 0.382. The summed E-state index contributed by atoms with van der Waals surface area (Å²) in [4.78, 5) is 44.5. The van der Waals surface area contributed by atoms with Gasteiger partial charge in [0.15, 0.2) is 0 Å². The lowest BCUT2D eigenvalue weighted by Gasteiger charge is -2.40. The number of carbonyl (C=O) groups excluding carboxylic acids is 3. The van der Waals surface area contributed by atoms with Crippen LogP contribution in [-0.2, 0) is 20.8 Å². The van der Waals surface area contributed by atoms with Crippen LogP contribution < -0.4 is 15.4 Å². The Morgan fingerprint density at radius 2 is 1.66 bits per heavy atom. The lowest BCUT2D eigenvalue weighted by molar-refractivity contribution is -0.141. The van der Waals surface area contributed by atoms with E-state index in [0.29, 0.717) is 41.6 Å². The normalized spacial score (nSPS) is 27.6. The molecule has 3 N–H and O–H groups in total. The van der Waals surface area contributed by atoms with Crippen molar-refractivity contribution >= 4 is 52.5 Å². The van der Waals surface area contributed by atoms with Gasteiger partial charge in [-0.15, -0.1) is 11.8 Å². The second-order valence-corrected chi connectivity index (χ2v) is 13.8. The lowest BCUT2D eigenvalue weighted by atomic mass is 9.66. The van der Waals surface area contributed by atoms with Gasteiger partial charge in [0.05, 0.1) is 35.8 Å². The van der Waals surface area contributed by atoms with Crippen molar-refractivity contribution in [3.8, 4) is 5.75 Å². The van der Waals surface area contributed by atoms with Gasteiger partial charge in [0.1, 0.15) is 11.8 Å². The van der Waals surface area contributed by atoms with E-state index in [0.717, 1.165) is 5.56 Å². The maximum Gasteiger partial charge on any atom is 0.248 e. The first-order valence-corrected chi connectivity index (χ1v) is 16.3. The fourth-order valence-electron chi connectivity index (χ4n) is 7.36. The van der Waals surface area contributed by atoms with E-state index in [9.17, 15) is 19.5 Å². The van der Waals surface area contributed by atoms with E-state index in [4.69, 9.17) is 16.3 Å². The third-order valence-electron chi connectivity index (χ3n) is 9.20. The molecule has 3 fully saturated rings. The molecule has 3 saturated heterocycles. The summed E-state index contributed by atoms with van der Waals surface area (Å²) in [5, 5.41) is 17.1. The molecule has 1 spiro atoms. The first-order valence-electron chi connectivity index (χ1n) is 15.0. The number of ether oxygens (including phenoxy) is 1. The van der Waals surface area contributed by atoms with Gasteiger partial charge in [0.25, 0.3) is 0 Å². The molecule has 3 aromatic rings. The highest BCUT2D eigenvalue weighted by atomic mass is 35.5. The molecule has 0 radical (unpaired) electrons. The van der Waals surface area contributed by atoms with Crippen molar-refractivity contribution < 1.29 is 24.2 Å². The summed E-state index contributed by atoms with van der Waals surface area (Å²) in [7, 11) is 0. The predicted molar refractivity (Wildman–Crippen MR) is 173 cm³/mol. The van der Waals surface area contributed by atoms with E-state index in [1.165, 1.54) is 0 Å². The number of likely N-dealkylation sites (tertiary alicyclic amines) is 1. The highest BCUT2D eigenvalue weighted by molar-refractivity contribution is 8.02. The minimum atomic E-state index is -0.884. The van der Waals surface area contributed by atoms with Crippen molar-refractivity contribution in [3.63, 3.8) is 0 Å². The van der Waals surface area contributed by atoms with Crippen molar-refractivity contribution in [1.82, 2.24) is 4.90 Å². The van der Waals surface area contributed by atoms with Gasteiger partial charge in [0, 0.05) is 21.6 Å². The largest absolute Gasteiger partial charge is 0.494 e. The minimum Gasteiger partial charge on any atom is -0.494 e. The van der Waals surface area contributed by atoms with E-state index in [2.05, 4.69) is 17.6 Å². The number of nitrogens with one attached hydrogen (secondary N) is 2. The molecule has 0 aromatic heterocycles. The first-order chi connectivity index (χ1) is 21.3. The van der Waals surface area contributed by atoms with E-state index >= 15 is 0 Å². The summed E-state index contributed by atoms with van der Waals surface area (Å²) >= 11 is 7.68. The Hall–Kier alpha value is -3.53. The summed E-state index contributed by atoms with van der Waals surface area (Å²) in [5.74, 6) is -1.47. The Labute approximate surface area is 266 Å². The van der Waals surface area contributed by atoms with E-state index in [1.54, 1.807) is 65.2 Å². The van der Waals surface area contributed by atoms with Crippen molar-refractivity contribution in [2.75, 3.05) is 23.8 Å². The van der Waals surface area contributed by atoms with Crippen LogP contribution in [-0.4, -0.2) is 63.0 Å². The van der Waals surface area contributed by atoms with Crippen molar-refractivity contribution in [3.05, 3.63) is 89.4 Å². The number of halogens is 1. The quantitative estimate of drug-likeness (QED) is 0.281. The molecule has 3 unspecified atom stereocenters. The van der Waals surface area contributed by atoms with Crippen molar-refractivity contribution in [1.29, 1.82) is 0 Å². The Morgan fingerprint density at radius 3 is 2.30 bits per heavy atom. The number of hydrogen-bond donors (Lipinski definition) is 3. The molecule has 3 aromatic carbocycles. The number of aliphatic hydroxyl groups is 1. The first kappa shape index (κ1) is 30.5. The molecule has 230 valence electrons. The molecule has 0 aliphatic carbocycles. The number of amides is 3. The maximum atomic E-state index is 14.6. The second kappa shape index (κ2) is 12.5. The number of thioether (sulfide) groups is 1. The van der Waals surface area contributed by atoms with Gasteiger partial charge in [-0.05, 0) is 79.8 Å². The average Bonchev–Trinajstić information content (AvgIpc) is 3.62. The molecule has 3 amide bonds. The summed E-state index contributed by atoms with van der Waals surface area (Å²) < 4.78 is 4.70. The van der Waals surface area contributed by atoms with Crippen LogP contribution in [0.3, 0.4) is 0 Å². The number of carbonyl (C=O) groups is 3. The van der Waals surface area contributed by atoms with Gasteiger partial charge in [-0.1, -0.05) is 48.9 Å². The molecule has 3 aliphatic heterocycles. The predicted octanol–water partition coefficient (Wildman–Crippen LogP) is 5.26. The molecule has 0 saturated carbocycles. The van der Waals surface area contributed by atoms with E-state index in [-0.39, 0.29) is 35.5 Å². The van der Waals surface area contributed by atoms with Crippen LogP contribution >= 0.6 is 23.4 Å². The van der Waals surface area contributed by atoms with Crippen LogP contribution in [0, 0.1) is 17.8 Å². The molecule has 2 bridgehead atoms. The van der Waals surface area contributed by atoms with Crippen LogP contribution in [0.15, 0.2) is 78.9 Å². The average molecular weight is 634 g/mol. The molecular weight excluding hydrogens is 598 g/mol. The third-order valence-corrected chi connectivity index (χ3v) is 11.5. The number of rotatable bonds is 10. The molecule has 8 nitrogen and oxygen atoms in total. The fourth-order valence-corrected chi connectivity index (χ4v) is 9.89. The summed E-state index contributed by atoms with van der Waals surface area (Å²) in [5.41, 5.74) is 2.12. The third kappa shape index (κ3) is 5.35. The minimum absolute atomic E-state index is 0.0111. The SMILES string of the molecule is CCOc1ccc(NC(=O)[C@@H]2[C@H]3C(=O)N([C@@H](CO)Cc4ccccc4)C(C(=O)Nc4ccc(Cl)cc4)C34S[C@@H]2CC4C)cc1. The number of aliphatic hydroxyl groups excluding tert-OH is 1. The maximum absolute atomic E-state index is 14.6. The molecule has 7 atom stereocenters. The van der Waals surface area contributed by atoms with Crippen LogP contribution in [0.5, 0.6) is 5.75 Å². The Bertz CT molecular complexity index is 1520. The summed E-state index contributed by atoms with van der Waals surface area (Å²) in [6.07, 6.45) is 1.08. The zero-order chi connectivity index (χ0) is 31.0. The van der Waals surface area contributed by atoms with Gasteiger partial charge >= 0.3 is 0 Å². The van der Waals surface area contributed by atoms with Gasteiger partial charge in [-0.25, -0.2) is 0 Å². The number of benzene rings is 3. The molecule has 44 heavy (non-hydrogen) atoms. The van der Waals surface area contributed by atoms with Gasteiger partial charge in [-0.3, -0.25) is 14.4 Å². The van der Waals surface area contributed by atoms with Crippen molar-refractivity contribution in [2.24, 2.45) is 17.8 Å². The highest BCUT2D eigenvalue weighted by Gasteiger charge is 2.76. The number of hydrogen-bond acceptors (Lipinski definition) is 6. The molecule has 6 rings (SSSR count). The van der Waals surface area contributed by atoms with E-state index < -0.39 is 28.7 Å². The molecular formula is C34H36ClN3O5S. The van der Waals surface area contributed by atoms with Gasteiger partial charge < -0.3 is 25.4 Å². The zero-order valence-electron chi connectivity index (χ0n) is 24.6.